The maximum Gasteiger partial charge on any atom is 0.235 e. The molecule has 4 aromatic rings. The second-order valence-electron chi connectivity index (χ2n) is 6.79. The highest BCUT2D eigenvalue weighted by molar-refractivity contribution is 7.99. The van der Waals surface area contributed by atoms with Crippen LogP contribution in [0.25, 0.3) is 5.69 Å². The molecule has 30 heavy (non-hydrogen) atoms. The van der Waals surface area contributed by atoms with Crippen LogP contribution < -0.4 is 5.32 Å². The Balaban J connectivity index is 1.41. The highest BCUT2D eigenvalue weighted by Crippen LogP contribution is 2.22. The summed E-state index contributed by atoms with van der Waals surface area (Å²) in [5.74, 6) is 0.686. The number of aromatic nitrogens is 6. The molecule has 0 fully saturated rings. The van der Waals surface area contributed by atoms with Crippen LogP contribution in [0.1, 0.15) is 16.7 Å². The van der Waals surface area contributed by atoms with E-state index in [0.29, 0.717) is 17.5 Å². The number of anilines is 1. The lowest BCUT2D eigenvalue weighted by atomic mass is 10.1. The van der Waals surface area contributed by atoms with Crippen molar-refractivity contribution in [2.45, 2.75) is 25.5 Å². The van der Waals surface area contributed by atoms with Crippen molar-refractivity contribution in [3.05, 3.63) is 77.5 Å². The van der Waals surface area contributed by atoms with Crippen LogP contribution in [0.2, 0.25) is 0 Å². The van der Waals surface area contributed by atoms with Gasteiger partial charge >= 0.3 is 0 Å². The maximum absolute atomic E-state index is 12.5. The Morgan fingerprint density at radius 3 is 2.73 bits per heavy atom. The number of hydrogen-bond donors (Lipinski definition) is 1. The number of aryl methyl sites for hydroxylation is 1. The fourth-order valence-electron chi connectivity index (χ4n) is 3.02. The lowest BCUT2D eigenvalue weighted by molar-refractivity contribution is -0.113. The zero-order valence-electron chi connectivity index (χ0n) is 16.7. The molecule has 4 rings (SSSR count). The number of amides is 1. The van der Waals surface area contributed by atoms with E-state index in [-0.39, 0.29) is 11.7 Å². The molecule has 0 saturated heterocycles. The van der Waals surface area contributed by atoms with Gasteiger partial charge in [0, 0.05) is 6.07 Å². The number of carbonyl (C=O) groups excluding carboxylic acids is 1. The number of carbonyl (C=O) groups is 1. The minimum Gasteiger partial charge on any atom is -0.310 e. The van der Waals surface area contributed by atoms with E-state index in [0.717, 1.165) is 22.4 Å². The van der Waals surface area contributed by atoms with Gasteiger partial charge in [0.1, 0.15) is 5.82 Å². The van der Waals surface area contributed by atoms with Crippen molar-refractivity contribution < 1.29 is 4.79 Å². The summed E-state index contributed by atoms with van der Waals surface area (Å²) in [6.45, 7) is 4.66. The standard InChI is InChI=1S/C21H21N7OS/c1-15-7-6-10-18(16(15)2)28-21(24-25-26-28)30-14-20(29)23-19-11-12-22-27(19)13-17-8-4-3-5-9-17/h3-12H,13-14H2,1-2H3,(H,23,29). The molecule has 1 N–H and O–H groups in total. The third-order valence-electron chi connectivity index (χ3n) is 4.74. The molecule has 2 aromatic carbocycles. The van der Waals surface area contributed by atoms with E-state index in [2.05, 4.69) is 25.9 Å². The minimum atomic E-state index is -0.148. The SMILES string of the molecule is Cc1cccc(-n2nnnc2SCC(=O)Nc2ccnn2Cc2ccccc2)c1C. The van der Waals surface area contributed by atoms with Crippen molar-refractivity contribution in [1.82, 2.24) is 30.0 Å². The number of rotatable bonds is 7. The van der Waals surface area contributed by atoms with Crippen molar-refractivity contribution >= 4 is 23.5 Å². The van der Waals surface area contributed by atoms with Gasteiger partial charge in [0.05, 0.1) is 24.2 Å². The van der Waals surface area contributed by atoms with Gasteiger partial charge in [-0.05, 0) is 47.0 Å². The highest BCUT2D eigenvalue weighted by atomic mass is 32.2. The van der Waals surface area contributed by atoms with Crippen LogP contribution >= 0.6 is 11.8 Å². The Bertz CT molecular complexity index is 1150. The average Bonchev–Trinajstić information content (AvgIpc) is 3.39. The normalized spacial score (nSPS) is 10.9. The summed E-state index contributed by atoms with van der Waals surface area (Å²) in [5.41, 5.74) is 4.27. The van der Waals surface area contributed by atoms with E-state index in [1.165, 1.54) is 11.8 Å². The van der Waals surface area contributed by atoms with E-state index < -0.39 is 0 Å². The molecule has 0 radical (unpaired) electrons. The molecule has 2 aromatic heterocycles. The average molecular weight is 420 g/mol. The first-order valence-corrected chi connectivity index (χ1v) is 10.4. The van der Waals surface area contributed by atoms with Crippen LogP contribution in [0, 0.1) is 13.8 Å². The number of nitrogens with one attached hydrogen (secondary N) is 1. The summed E-state index contributed by atoms with van der Waals surface area (Å²) in [6, 6.07) is 17.7. The van der Waals surface area contributed by atoms with Gasteiger partial charge in [-0.15, -0.1) is 5.10 Å². The minimum absolute atomic E-state index is 0.148. The van der Waals surface area contributed by atoms with E-state index in [9.17, 15) is 4.79 Å². The van der Waals surface area contributed by atoms with Gasteiger partial charge in [0.2, 0.25) is 11.1 Å². The van der Waals surface area contributed by atoms with Crippen LogP contribution in [0.4, 0.5) is 5.82 Å². The molecule has 0 saturated carbocycles. The molecule has 0 aliphatic carbocycles. The van der Waals surface area contributed by atoms with Crippen molar-refractivity contribution in [1.29, 1.82) is 0 Å². The van der Waals surface area contributed by atoms with Gasteiger partial charge < -0.3 is 5.32 Å². The molecule has 8 nitrogen and oxygen atoms in total. The van der Waals surface area contributed by atoms with Gasteiger partial charge in [-0.25, -0.2) is 4.68 Å². The second kappa shape index (κ2) is 8.91. The van der Waals surface area contributed by atoms with Crippen LogP contribution in [0.3, 0.4) is 0 Å². The molecule has 0 bridgehead atoms. The van der Waals surface area contributed by atoms with Crippen LogP contribution in [0.15, 0.2) is 66.0 Å². The summed E-state index contributed by atoms with van der Waals surface area (Å²) < 4.78 is 3.43. The Kier molecular flexibility index (Phi) is 5.89. The first-order chi connectivity index (χ1) is 14.6. The number of benzene rings is 2. The monoisotopic (exact) mass is 419 g/mol. The van der Waals surface area contributed by atoms with E-state index in [1.54, 1.807) is 21.6 Å². The highest BCUT2D eigenvalue weighted by Gasteiger charge is 2.15. The fourth-order valence-corrected chi connectivity index (χ4v) is 3.70. The Labute approximate surface area is 178 Å². The Morgan fingerprint density at radius 1 is 1.07 bits per heavy atom. The number of tetrazole rings is 1. The molecule has 2 heterocycles. The predicted octanol–water partition coefficient (Wildman–Crippen LogP) is 3.25. The quantitative estimate of drug-likeness (QED) is 0.463. The largest absolute Gasteiger partial charge is 0.310 e. The van der Waals surface area contributed by atoms with Crippen LogP contribution in [-0.4, -0.2) is 41.6 Å². The first-order valence-electron chi connectivity index (χ1n) is 9.45. The first kappa shape index (κ1) is 19.8. The van der Waals surface area contributed by atoms with Crippen molar-refractivity contribution in [3.63, 3.8) is 0 Å². The summed E-state index contributed by atoms with van der Waals surface area (Å²) >= 11 is 1.29. The van der Waals surface area contributed by atoms with E-state index in [1.807, 2.05) is 62.4 Å². The predicted molar refractivity (Wildman–Crippen MR) is 116 cm³/mol. The fraction of sp³-hybridized carbons (Fsp3) is 0.190. The molecular formula is C21H21N7OS. The van der Waals surface area contributed by atoms with Gasteiger partial charge in [-0.1, -0.05) is 54.2 Å². The lowest BCUT2D eigenvalue weighted by Crippen LogP contribution is -2.18. The zero-order chi connectivity index (χ0) is 20.9. The molecule has 0 spiro atoms. The summed E-state index contributed by atoms with van der Waals surface area (Å²) in [4.78, 5) is 12.5. The van der Waals surface area contributed by atoms with E-state index >= 15 is 0 Å². The van der Waals surface area contributed by atoms with Crippen molar-refractivity contribution in [2.24, 2.45) is 0 Å². The molecule has 9 heteroatoms. The molecular weight excluding hydrogens is 398 g/mol. The second-order valence-corrected chi connectivity index (χ2v) is 7.73. The maximum atomic E-state index is 12.5. The zero-order valence-corrected chi connectivity index (χ0v) is 17.5. The summed E-state index contributed by atoms with van der Waals surface area (Å²) in [7, 11) is 0. The van der Waals surface area contributed by atoms with E-state index in [4.69, 9.17) is 0 Å². The molecule has 1 amide bonds. The number of hydrogen-bond acceptors (Lipinski definition) is 6. The van der Waals surface area contributed by atoms with Gasteiger partial charge in [-0.3, -0.25) is 4.79 Å². The van der Waals surface area contributed by atoms with Gasteiger partial charge in [0.25, 0.3) is 0 Å². The molecule has 152 valence electrons. The Morgan fingerprint density at radius 2 is 1.90 bits per heavy atom. The van der Waals surface area contributed by atoms with Gasteiger partial charge in [0.15, 0.2) is 0 Å². The molecule has 0 aliphatic rings. The van der Waals surface area contributed by atoms with Crippen molar-refractivity contribution in [2.75, 3.05) is 11.1 Å². The van der Waals surface area contributed by atoms with Crippen molar-refractivity contribution in [3.8, 4) is 5.69 Å². The number of thioether (sulfide) groups is 1. The van der Waals surface area contributed by atoms with Crippen LogP contribution in [0.5, 0.6) is 0 Å². The third kappa shape index (κ3) is 4.41. The van der Waals surface area contributed by atoms with Crippen LogP contribution in [-0.2, 0) is 11.3 Å². The molecule has 0 aliphatic heterocycles. The lowest BCUT2D eigenvalue weighted by Gasteiger charge is -2.10. The smallest absolute Gasteiger partial charge is 0.235 e. The summed E-state index contributed by atoms with van der Waals surface area (Å²) in [6.07, 6.45) is 1.67. The summed E-state index contributed by atoms with van der Waals surface area (Å²) in [5, 5.41) is 19.7. The number of nitrogens with zero attached hydrogens (tertiary/aromatic N) is 6. The molecule has 0 atom stereocenters. The van der Waals surface area contributed by atoms with Gasteiger partial charge in [-0.2, -0.15) is 9.78 Å². The third-order valence-corrected chi connectivity index (χ3v) is 5.66. The topological polar surface area (TPSA) is 90.5 Å². The molecule has 0 unspecified atom stereocenters. The Hall–Kier alpha value is -3.46.